The fraction of sp³-hybridized carbons (Fsp3) is 0.375. The Kier molecular flexibility index (Phi) is 1.48. The molecule has 5 aliphatic rings. The van der Waals surface area contributed by atoms with Crippen LogP contribution in [0.3, 0.4) is 0 Å². The van der Waals surface area contributed by atoms with Crippen molar-refractivity contribution in [3.05, 3.63) is 59.7 Å². The molecule has 1 aromatic rings. The molecule has 2 heteroatoms. The summed E-state index contributed by atoms with van der Waals surface area (Å²) >= 11 is 0. The average molecular weight is 238 g/mol. The zero-order valence-electron chi connectivity index (χ0n) is 10.0. The monoisotopic (exact) mass is 238 g/mol. The van der Waals surface area contributed by atoms with Gasteiger partial charge in [0.25, 0.3) is 0 Å². The van der Waals surface area contributed by atoms with Crippen LogP contribution in [-0.4, -0.2) is 24.9 Å². The Bertz CT molecular complexity index is 603. The third-order valence-electron chi connectivity index (χ3n) is 5.05. The highest BCUT2D eigenvalue weighted by Gasteiger charge is 2.63. The van der Waals surface area contributed by atoms with E-state index in [1.54, 1.807) is 0 Å². The Balaban J connectivity index is 1.92. The Morgan fingerprint density at radius 1 is 1.06 bits per heavy atom. The molecular formula is C16H14O2. The fourth-order valence-electron chi connectivity index (χ4n) is 4.15. The predicted octanol–water partition coefficient (Wildman–Crippen LogP) is 2.32. The van der Waals surface area contributed by atoms with Crippen molar-refractivity contribution in [3.63, 3.8) is 0 Å². The van der Waals surface area contributed by atoms with E-state index in [9.17, 15) is 0 Å². The van der Waals surface area contributed by atoms with Gasteiger partial charge in [0.1, 0.15) is 5.60 Å². The lowest BCUT2D eigenvalue weighted by Crippen LogP contribution is -2.48. The molecule has 1 aliphatic carbocycles. The Hall–Kier alpha value is -1.38. The van der Waals surface area contributed by atoms with E-state index >= 15 is 0 Å². The number of benzene rings is 1. The molecule has 0 amide bonds. The molecule has 4 bridgehead atoms. The van der Waals surface area contributed by atoms with Gasteiger partial charge in [0.15, 0.2) is 0 Å². The zero-order chi connectivity index (χ0) is 11.8. The summed E-state index contributed by atoms with van der Waals surface area (Å²) in [6.07, 6.45) is 9.32. The molecule has 1 fully saturated rings. The first-order chi connectivity index (χ1) is 8.85. The summed E-state index contributed by atoms with van der Waals surface area (Å²) in [7, 11) is 0. The van der Waals surface area contributed by atoms with Crippen molar-refractivity contribution in [2.45, 2.75) is 23.0 Å². The first-order valence-corrected chi connectivity index (χ1v) is 6.58. The van der Waals surface area contributed by atoms with E-state index in [1.165, 1.54) is 11.1 Å². The van der Waals surface area contributed by atoms with Crippen LogP contribution in [0.25, 0.3) is 0 Å². The van der Waals surface area contributed by atoms with Crippen molar-refractivity contribution >= 4 is 0 Å². The van der Waals surface area contributed by atoms with Gasteiger partial charge in [-0.3, -0.25) is 0 Å². The van der Waals surface area contributed by atoms with E-state index in [2.05, 4.69) is 48.6 Å². The van der Waals surface area contributed by atoms with E-state index in [0.717, 1.165) is 6.61 Å². The van der Waals surface area contributed by atoms with Gasteiger partial charge in [-0.25, -0.2) is 0 Å². The summed E-state index contributed by atoms with van der Waals surface area (Å²) in [5.41, 5.74) is 2.45. The van der Waals surface area contributed by atoms with E-state index < -0.39 is 0 Å². The molecule has 2 spiro atoms. The van der Waals surface area contributed by atoms with E-state index in [1.807, 2.05) is 0 Å². The second kappa shape index (κ2) is 2.79. The molecule has 0 unspecified atom stereocenters. The van der Waals surface area contributed by atoms with E-state index in [0.29, 0.717) is 12.5 Å². The molecule has 0 N–H and O–H groups in total. The topological polar surface area (TPSA) is 18.5 Å². The summed E-state index contributed by atoms with van der Waals surface area (Å²) < 4.78 is 12.2. The summed E-state index contributed by atoms with van der Waals surface area (Å²) in [6.45, 7) is 1.40. The highest BCUT2D eigenvalue weighted by Crippen LogP contribution is 2.57. The molecule has 6 rings (SSSR count). The van der Waals surface area contributed by atoms with E-state index in [4.69, 9.17) is 9.47 Å². The molecule has 0 aromatic heterocycles. The van der Waals surface area contributed by atoms with Gasteiger partial charge in [0, 0.05) is 5.92 Å². The van der Waals surface area contributed by atoms with Crippen LogP contribution in [0.5, 0.6) is 0 Å². The van der Waals surface area contributed by atoms with Crippen molar-refractivity contribution in [2.75, 3.05) is 13.2 Å². The fourth-order valence-corrected chi connectivity index (χ4v) is 4.15. The predicted molar refractivity (Wildman–Crippen MR) is 67.6 cm³/mol. The first-order valence-electron chi connectivity index (χ1n) is 6.58. The number of hydrogen-bond acceptors (Lipinski definition) is 2. The Morgan fingerprint density at radius 3 is 3.00 bits per heavy atom. The van der Waals surface area contributed by atoms with E-state index in [-0.39, 0.29) is 17.1 Å². The molecule has 1 aromatic carbocycles. The van der Waals surface area contributed by atoms with Gasteiger partial charge >= 0.3 is 0 Å². The lowest BCUT2D eigenvalue weighted by molar-refractivity contribution is -0.0431. The summed E-state index contributed by atoms with van der Waals surface area (Å²) in [6, 6.07) is 8.75. The molecule has 0 saturated carbocycles. The summed E-state index contributed by atoms with van der Waals surface area (Å²) in [4.78, 5) is 0. The lowest BCUT2D eigenvalue weighted by atomic mass is 9.63. The molecule has 18 heavy (non-hydrogen) atoms. The second-order valence-electron chi connectivity index (χ2n) is 5.77. The van der Waals surface area contributed by atoms with Crippen LogP contribution in [0.2, 0.25) is 0 Å². The van der Waals surface area contributed by atoms with Crippen LogP contribution in [0.4, 0.5) is 0 Å². The molecule has 0 radical (unpaired) electrons. The minimum atomic E-state index is -0.268. The highest BCUT2D eigenvalue weighted by molar-refractivity contribution is 5.55. The third kappa shape index (κ3) is 0.817. The minimum Gasteiger partial charge on any atom is -0.377 e. The molecule has 90 valence electrons. The van der Waals surface area contributed by atoms with Gasteiger partial charge < -0.3 is 9.47 Å². The lowest BCUT2D eigenvalue weighted by Gasteiger charge is -2.39. The van der Waals surface area contributed by atoms with Crippen molar-refractivity contribution in [1.29, 1.82) is 0 Å². The SMILES string of the molecule is C1=C[C@]23COC[C@]24C=C[C@@H](c2ccccc24)[C@H]1O3. The maximum atomic E-state index is 6.40. The van der Waals surface area contributed by atoms with Crippen LogP contribution in [-0.2, 0) is 14.9 Å². The Labute approximate surface area is 106 Å². The molecular weight excluding hydrogens is 224 g/mol. The van der Waals surface area contributed by atoms with Crippen LogP contribution < -0.4 is 0 Å². The van der Waals surface area contributed by atoms with Crippen molar-refractivity contribution in [3.8, 4) is 0 Å². The standard InChI is InChI=1S/C16H14O2/c1-2-4-13-11(3-1)12-5-7-15(13)9-17-10-16(15)8-6-14(12)18-16/h1-8,12,14H,9-10H2/t12-,14-,15-,16-/m0/s1. The molecule has 2 nitrogen and oxygen atoms in total. The Morgan fingerprint density at radius 2 is 2.00 bits per heavy atom. The average Bonchev–Trinajstić information content (AvgIpc) is 2.92. The van der Waals surface area contributed by atoms with Gasteiger partial charge in [0.05, 0.1) is 24.7 Å². The number of rotatable bonds is 0. The number of ether oxygens (including phenoxy) is 2. The third-order valence-corrected chi connectivity index (χ3v) is 5.05. The second-order valence-corrected chi connectivity index (χ2v) is 5.77. The normalized spacial score (nSPS) is 46.0. The van der Waals surface area contributed by atoms with Crippen LogP contribution >= 0.6 is 0 Å². The molecule has 4 atom stereocenters. The van der Waals surface area contributed by atoms with Gasteiger partial charge in [-0.2, -0.15) is 0 Å². The van der Waals surface area contributed by atoms with Crippen molar-refractivity contribution in [1.82, 2.24) is 0 Å². The minimum absolute atomic E-state index is 0.109. The summed E-state index contributed by atoms with van der Waals surface area (Å²) in [5.74, 6) is 0.369. The van der Waals surface area contributed by atoms with Crippen LogP contribution in [0, 0.1) is 0 Å². The molecule has 4 heterocycles. The van der Waals surface area contributed by atoms with Crippen LogP contribution in [0.1, 0.15) is 17.0 Å². The quantitative estimate of drug-likeness (QED) is 0.646. The molecule has 4 aliphatic heterocycles. The maximum Gasteiger partial charge on any atom is 0.126 e. The van der Waals surface area contributed by atoms with Crippen molar-refractivity contribution in [2.24, 2.45) is 0 Å². The largest absolute Gasteiger partial charge is 0.377 e. The summed E-state index contributed by atoms with van der Waals surface area (Å²) in [5, 5.41) is 0. The maximum absolute atomic E-state index is 6.40. The first kappa shape index (κ1) is 9.54. The zero-order valence-corrected chi connectivity index (χ0v) is 10.0. The van der Waals surface area contributed by atoms with Gasteiger partial charge in [-0.15, -0.1) is 0 Å². The highest BCUT2D eigenvalue weighted by atomic mass is 16.6. The van der Waals surface area contributed by atoms with Crippen molar-refractivity contribution < 1.29 is 9.47 Å². The van der Waals surface area contributed by atoms with Crippen LogP contribution in [0.15, 0.2) is 48.6 Å². The van der Waals surface area contributed by atoms with Gasteiger partial charge in [-0.1, -0.05) is 48.6 Å². The molecule has 1 saturated heterocycles. The number of hydrogen-bond donors (Lipinski definition) is 0. The van der Waals surface area contributed by atoms with Gasteiger partial charge in [-0.05, 0) is 11.1 Å². The van der Waals surface area contributed by atoms with Gasteiger partial charge in [0.2, 0.25) is 0 Å². The smallest absolute Gasteiger partial charge is 0.126 e.